The summed E-state index contributed by atoms with van der Waals surface area (Å²) in [4.78, 5) is 6.88. The van der Waals surface area contributed by atoms with Crippen LogP contribution < -0.4 is 20.7 Å². The summed E-state index contributed by atoms with van der Waals surface area (Å²) in [5.74, 6) is 0.941. The number of aliphatic imine (C=N–C) groups is 1. The Bertz CT molecular complexity index is 789. The van der Waals surface area contributed by atoms with Gasteiger partial charge in [-0.05, 0) is 64.1 Å². The zero-order valence-electron chi connectivity index (χ0n) is 17.5. The molecule has 5 nitrogen and oxygen atoms in total. The lowest BCUT2D eigenvalue weighted by Gasteiger charge is -2.37. The Morgan fingerprint density at radius 1 is 1.31 bits per heavy atom. The molecule has 0 amide bonds. The van der Waals surface area contributed by atoms with E-state index in [1.807, 2.05) is 0 Å². The Kier molecular flexibility index (Phi) is 6.09. The van der Waals surface area contributed by atoms with Crippen LogP contribution in [0.15, 0.2) is 23.3 Å². The molecule has 3 unspecified atom stereocenters. The first-order chi connectivity index (χ1) is 14.1. The van der Waals surface area contributed by atoms with Crippen LogP contribution in [0.4, 0.5) is 10.1 Å². The number of hydrogen-bond acceptors (Lipinski definition) is 5. The maximum absolute atomic E-state index is 14.2. The molecule has 0 radical (unpaired) electrons. The zero-order chi connectivity index (χ0) is 20.4. The molecule has 2 fully saturated rings. The minimum atomic E-state index is -0.955. The van der Waals surface area contributed by atoms with Crippen molar-refractivity contribution < 1.29 is 9.13 Å². The van der Waals surface area contributed by atoms with Gasteiger partial charge in [-0.2, -0.15) is 0 Å². The van der Waals surface area contributed by atoms with Crippen LogP contribution in [-0.4, -0.2) is 50.7 Å². The van der Waals surface area contributed by atoms with Crippen molar-refractivity contribution in [2.45, 2.75) is 69.8 Å². The first kappa shape index (κ1) is 20.2. The van der Waals surface area contributed by atoms with Gasteiger partial charge in [-0.15, -0.1) is 0 Å². The topological polar surface area (TPSA) is 62.9 Å². The number of alkyl halides is 1. The summed E-state index contributed by atoms with van der Waals surface area (Å²) in [6, 6.07) is 4.44. The lowest BCUT2D eigenvalue weighted by Crippen LogP contribution is -2.40. The smallest absolute Gasteiger partial charge is 0.135 e. The van der Waals surface area contributed by atoms with Crippen LogP contribution >= 0.6 is 0 Å². The van der Waals surface area contributed by atoms with Gasteiger partial charge in [0.2, 0.25) is 0 Å². The van der Waals surface area contributed by atoms with Gasteiger partial charge in [0, 0.05) is 54.4 Å². The molecule has 1 saturated carbocycles. The number of anilines is 1. The van der Waals surface area contributed by atoms with Crippen molar-refractivity contribution >= 4 is 17.5 Å². The molecule has 3 atom stereocenters. The average Bonchev–Trinajstić information content (AvgIpc) is 2.69. The van der Waals surface area contributed by atoms with E-state index in [0.717, 1.165) is 49.1 Å². The van der Waals surface area contributed by atoms with E-state index in [9.17, 15) is 4.39 Å². The Hall–Kier alpha value is -2.08. The fraction of sp³-hybridized carbons (Fsp3) is 0.609. The first-order valence-electron chi connectivity index (χ1n) is 10.9. The molecule has 0 spiro atoms. The number of nitrogens with zero attached hydrogens (tertiary/aromatic N) is 2. The third kappa shape index (κ3) is 4.13. The summed E-state index contributed by atoms with van der Waals surface area (Å²) in [5.41, 5.74) is 10.3. The molecule has 1 aliphatic carbocycles. The van der Waals surface area contributed by atoms with E-state index in [1.165, 1.54) is 17.7 Å². The molecule has 1 saturated heterocycles. The Labute approximate surface area is 173 Å². The van der Waals surface area contributed by atoms with Crippen molar-refractivity contribution in [3.63, 3.8) is 0 Å². The monoisotopic (exact) mass is 400 g/mol. The number of benzene rings is 1. The summed E-state index contributed by atoms with van der Waals surface area (Å²) in [6.45, 7) is 3.42. The molecule has 0 aromatic heterocycles. The van der Waals surface area contributed by atoms with E-state index in [-0.39, 0.29) is 12.1 Å². The normalized spacial score (nSPS) is 28.3. The summed E-state index contributed by atoms with van der Waals surface area (Å²) < 4.78 is 20.6. The number of ether oxygens (including phenoxy) is 1. The van der Waals surface area contributed by atoms with Crippen LogP contribution in [0.25, 0.3) is 5.57 Å². The molecule has 4 rings (SSSR count). The molecule has 3 N–H and O–H groups in total. The van der Waals surface area contributed by atoms with Gasteiger partial charge in [-0.3, -0.25) is 4.99 Å². The molecule has 158 valence electrons. The SMILES string of the molecule is CC1CCc2c(ccc(C(C=NC3CCNCC3F)=CN)c2OC2CCC2)N1C. The van der Waals surface area contributed by atoms with Crippen molar-refractivity contribution in [3.05, 3.63) is 29.5 Å². The molecule has 2 heterocycles. The zero-order valence-corrected chi connectivity index (χ0v) is 17.5. The van der Waals surface area contributed by atoms with E-state index < -0.39 is 6.17 Å². The number of halogens is 1. The molecule has 3 aliphatic rings. The van der Waals surface area contributed by atoms with Crippen LogP contribution in [-0.2, 0) is 6.42 Å². The van der Waals surface area contributed by atoms with Gasteiger partial charge < -0.3 is 20.7 Å². The predicted molar refractivity (Wildman–Crippen MR) is 118 cm³/mol. The predicted octanol–water partition coefficient (Wildman–Crippen LogP) is 3.46. The van der Waals surface area contributed by atoms with Gasteiger partial charge in [-0.1, -0.05) is 0 Å². The molecule has 0 bridgehead atoms. The molecule has 29 heavy (non-hydrogen) atoms. The molecule has 6 heteroatoms. The second-order valence-corrected chi connectivity index (χ2v) is 8.59. The minimum Gasteiger partial charge on any atom is -0.489 e. The number of rotatable bonds is 5. The lowest BCUT2D eigenvalue weighted by molar-refractivity contribution is 0.118. The van der Waals surface area contributed by atoms with Gasteiger partial charge in [0.25, 0.3) is 0 Å². The maximum atomic E-state index is 14.2. The molecule has 1 aromatic rings. The van der Waals surface area contributed by atoms with Crippen molar-refractivity contribution in [1.29, 1.82) is 0 Å². The van der Waals surface area contributed by atoms with Gasteiger partial charge in [0.05, 0.1) is 12.1 Å². The highest BCUT2D eigenvalue weighted by Crippen LogP contribution is 2.42. The maximum Gasteiger partial charge on any atom is 0.135 e. The van der Waals surface area contributed by atoms with E-state index in [0.29, 0.717) is 19.0 Å². The number of piperidine rings is 1. The van der Waals surface area contributed by atoms with Crippen LogP contribution in [0.3, 0.4) is 0 Å². The highest BCUT2D eigenvalue weighted by molar-refractivity contribution is 6.11. The van der Waals surface area contributed by atoms with Crippen molar-refractivity contribution in [3.8, 4) is 5.75 Å². The van der Waals surface area contributed by atoms with Crippen LogP contribution in [0.2, 0.25) is 0 Å². The molecule has 1 aromatic carbocycles. The van der Waals surface area contributed by atoms with Gasteiger partial charge in [0.15, 0.2) is 0 Å². The number of nitrogens with one attached hydrogen (secondary N) is 1. The fourth-order valence-electron chi connectivity index (χ4n) is 4.34. The number of fused-ring (bicyclic) bond motifs is 1. The van der Waals surface area contributed by atoms with Gasteiger partial charge in [-0.25, -0.2) is 4.39 Å². The van der Waals surface area contributed by atoms with Gasteiger partial charge >= 0.3 is 0 Å². The number of hydrogen-bond donors (Lipinski definition) is 2. The standard InChI is InChI=1S/C23H33FN4O/c1-15-6-7-19-22(28(15)2)9-8-18(23(19)29-17-4-3-5-17)16(12-25)13-27-21-10-11-26-14-20(21)24/h8-9,12-13,15,17,20-21,26H,3-7,10-11,14,25H2,1-2H3. The second kappa shape index (κ2) is 8.74. The van der Waals surface area contributed by atoms with Crippen LogP contribution in [0.1, 0.15) is 50.2 Å². The summed E-state index contributed by atoms with van der Waals surface area (Å²) in [6.07, 6.45) is 8.86. The van der Waals surface area contributed by atoms with Gasteiger partial charge in [0.1, 0.15) is 11.9 Å². The molecular weight excluding hydrogens is 367 g/mol. The summed E-state index contributed by atoms with van der Waals surface area (Å²) in [5, 5.41) is 3.07. The Morgan fingerprint density at radius 2 is 2.14 bits per heavy atom. The Morgan fingerprint density at radius 3 is 2.83 bits per heavy atom. The lowest BCUT2D eigenvalue weighted by atomic mass is 9.91. The van der Waals surface area contributed by atoms with Crippen molar-refractivity contribution in [1.82, 2.24) is 5.32 Å². The minimum absolute atomic E-state index is 0.278. The van der Waals surface area contributed by atoms with E-state index in [2.05, 4.69) is 41.3 Å². The van der Waals surface area contributed by atoms with Crippen LogP contribution in [0.5, 0.6) is 5.75 Å². The molecule has 2 aliphatic heterocycles. The highest BCUT2D eigenvalue weighted by Gasteiger charge is 2.29. The number of allylic oxidation sites excluding steroid dienone is 1. The third-order valence-corrected chi connectivity index (χ3v) is 6.70. The van der Waals surface area contributed by atoms with Crippen LogP contribution in [0, 0.1) is 0 Å². The summed E-state index contributed by atoms with van der Waals surface area (Å²) >= 11 is 0. The molecular formula is C23H33FN4O. The average molecular weight is 401 g/mol. The van der Waals surface area contributed by atoms with E-state index in [4.69, 9.17) is 10.5 Å². The van der Waals surface area contributed by atoms with Crippen molar-refractivity contribution in [2.75, 3.05) is 25.0 Å². The third-order valence-electron chi connectivity index (χ3n) is 6.70. The van der Waals surface area contributed by atoms with E-state index in [1.54, 1.807) is 12.4 Å². The number of nitrogens with two attached hydrogens (primary N) is 1. The first-order valence-corrected chi connectivity index (χ1v) is 10.9. The quantitative estimate of drug-likeness (QED) is 0.743. The Balaban J connectivity index is 1.67. The van der Waals surface area contributed by atoms with E-state index >= 15 is 0 Å². The largest absolute Gasteiger partial charge is 0.489 e. The fourth-order valence-corrected chi connectivity index (χ4v) is 4.34. The highest BCUT2D eigenvalue weighted by atomic mass is 19.1. The second-order valence-electron chi connectivity index (χ2n) is 8.59. The summed E-state index contributed by atoms with van der Waals surface area (Å²) in [7, 11) is 2.15. The van der Waals surface area contributed by atoms with Crippen molar-refractivity contribution in [2.24, 2.45) is 10.7 Å².